The fourth-order valence-corrected chi connectivity index (χ4v) is 3.71. The molecule has 0 aliphatic carbocycles. The number of amides is 2. The molecular formula is C27H33F2N3O4. The van der Waals surface area contributed by atoms with Crippen LogP contribution < -0.4 is 15.5 Å². The van der Waals surface area contributed by atoms with Gasteiger partial charge in [-0.2, -0.15) is 0 Å². The Labute approximate surface area is 210 Å². The summed E-state index contributed by atoms with van der Waals surface area (Å²) in [5.74, 6) is -2.25. The number of carbonyl (C=O) groups excluding carboxylic acids is 2. The summed E-state index contributed by atoms with van der Waals surface area (Å²) in [6, 6.07) is 11.0. The molecule has 0 aromatic heterocycles. The molecule has 2 aromatic rings. The SMILES string of the molecule is CC(NC(=O)/C=C/c1ccc(F)c(F)c1)c1cccc(N2CCOC(CNC(=O)OC(C)(C)C)C2)c1. The normalized spacial score (nSPS) is 17.1. The first-order valence-electron chi connectivity index (χ1n) is 11.9. The number of benzene rings is 2. The van der Waals surface area contributed by atoms with Crippen molar-refractivity contribution in [1.82, 2.24) is 10.6 Å². The summed E-state index contributed by atoms with van der Waals surface area (Å²) in [6.45, 7) is 9.45. The number of halogens is 2. The number of hydrogen-bond acceptors (Lipinski definition) is 5. The third-order valence-corrected chi connectivity index (χ3v) is 5.48. The van der Waals surface area contributed by atoms with Gasteiger partial charge in [0.15, 0.2) is 11.6 Å². The first-order valence-corrected chi connectivity index (χ1v) is 11.9. The maximum Gasteiger partial charge on any atom is 0.407 e. The van der Waals surface area contributed by atoms with Crippen LogP contribution in [0.5, 0.6) is 0 Å². The molecule has 194 valence electrons. The first kappa shape index (κ1) is 27.1. The van der Waals surface area contributed by atoms with Crippen molar-refractivity contribution in [2.24, 2.45) is 0 Å². The van der Waals surface area contributed by atoms with Crippen LogP contribution in [0.15, 0.2) is 48.5 Å². The summed E-state index contributed by atoms with van der Waals surface area (Å²) in [4.78, 5) is 26.5. The van der Waals surface area contributed by atoms with Gasteiger partial charge in [0.25, 0.3) is 0 Å². The highest BCUT2D eigenvalue weighted by atomic mass is 19.2. The van der Waals surface area contributed by atoms with E-state index in [0.29, 0.717) is 31.8 Å². The molecule has 7 nitrogen and oxygen atoms in total. The highest BCUT2D eigenvalue weighted by molar-refractivity contribution is 5.92. The monoisotopic (exact) mass is 501 g/mol. The van der Waals surface area contributed by atoms with E-state index in [4.69, 9.17) is 9.47 Å². The van der Waals surface area contributed by atoms with Crippen LogP contribution >= 0.6 is 0 Å². The lowest BCUT2D eigenvalue weighted by atomic mass is 10.1. The Morgan fingerprint density at radius 3 is 2.69 bits per heavy atom. The second-order valence-electron chi connectivity index (χ2n) is 9.65. The number of alkyl carbamates (subject to hydrolysis) is 1. The van der Waals surface area contributed by atoms with Crippen LogP contribution in [0.2, 0.25) is 0 Å². The fraction of sp³-hybridized carbons (Fsp3) is 0.407. The minimum atomic E-state index is -0.964. The Balaban J connectivity index is 1.55. The highest BCUT2D eigenvalue weighted by Crippen LogP contribution is 2.23. The zero-order valence-electron chi connectivity index (χ0n) is 21.0. The van der Waals surface area contributed by atoms with Crippen LogP contribution in [-0.2, 0) is 14.3 Å². The van der Waals surface area contributed by atoms with E-state index in [-0.39, 0.29) is 18.1 Å². The van der Waals surface area contributed by atoms with Crippen molar-refractivity contribution in [3.05, 3.63) is 71.3 Å². The number of rotatable bonds is 7. The maximum absolute atomic E-state index is 13.3. The molecule has 0 spiro atoms. The first-order chi connectivity index (χ1) is 17.0. The van der Waals surface area contributed by atoms with Crippen LogP contribution in [0, 0.1) is 11.6 Å². The average Bonchev–Trinajstić information content (AvgIpc) is 2.83. The van der Waals surface area contributed by atoms with Gasteiger partial charge in [0.2, 0.25) is 5.91 Å². The molecule has 2 N–H and O–H groups in total. The van der Waals surface area contributed by atoms with Gasteiger partial charge in [-0.3, -0.25) is 4.79 Å². The number of morpholine rings is 1. The van der Waals surface area contributed by atoms with Gasteiger partial charge >= 0.3 is 6.09 Å². The van der Waals surface area contributed by atoms with Gasteiger partial charge in [0.1, 0.15) is 5.60 Å². The molecule has 0 saturated carbocycles. The van der Waals surface area contributed by atoms with E-state index < -0.39 is 23.3 Å². The number of ether oxygens (including phenoxy) is 2. The standard InChI is InChI=1S/C27H33F2N3O4/c1-18(31-25(33)11-9-19-8-10-23(28)24(29)14-19)20-6-5-7-21(15-20)32-12-13-35-22(17-32)16-30-26(34)36-27(2,3)4/h5-11,14-15,18,22H,12-13,16-17H2,1-4H3,(H,30,34)(H,31,33)/b11-9+. The van der Waals surface area contributed by atoms with E-state index in [1.54, 1.807) is 0 Å². The molecule has 1 aliphatic heterocycles. The fourth-order valence-electron chi connectivity index (χ4n) is 3.71. The Hall–Kier alpha value is -3.46. The molecule has 1 heterocycles. The van der Waals surface area contributed by atoms with Gasteiger partial charge in [0, 0.05) is 31.4 Å². The van der Waals surface area contributed by atoms with Gasteiger partial charge in [-0.05, 0) is 69.2 Å². The molecule has 2 atom stereocenters. The second kappa shape index (κ2) is 12.0. The summed E-state index contributed by atoms with van der Waals surface area (Å²) in [5, 5.41) is 5.64. The molecule has 0 radical (unpaired) electrons. The summed E-state index contributed by atoms with van der Waals surface area (Å²) in [6.07, 6.45) is 2.05. The summed E-state index contributed by atoms with van der Waals surface area (Å²) < 4.78 is 37.5. The van der Waals surface area contributed by atoms with E-state index in [1.165, 1.54) is 18.2 Å². The minimum absolute atomic E-state index is 0.187. The molecule has 2 amide bonds. The van der Waals surface area contributed by atoms with Gasteiger partial charge < -0.3 is 25.0 Å². The smallest absolute Gasteiger partial charge is 0.407 e. The molecular weight excluding hydrogens is 468 g/mol. The molecule has 1 fully saturated rings. The van der Waals surface area contributed by atoms with Crippen molar-refractivity contribution in [2.75, 3.05) is 31.1 Å². The van der Waals surface area contributed by atoms with Crippen LogP contribution in [0.1, 0.15) is 44.9 Å². The maximum atomic E-state index is 13.3. The summed E-state index contributed by atoms with van der Waals surface area (Å²) in [7, 11) is 0. The zero-order chi connectivity index (χ0) is 26.3. The number of carbonyl (C=O) groups is 2. The number of hydrogen-bond donors (Lipinski definition) is 2. The predicted octanol–water partition coefficient (Wildman–Crippen LogP) is 4.59. The van der Waals surface area contributed by atoms with Gasteiger partial charge in [-0.1, -0.05) is 18.2 Å². The number of nitrogens with zero attached hydrogens (tertiary/aromatic N) is 1. The van der Waals surface area contributed by atoms with Gasteiger partial charge in [0.05, 0.1) is 18.8 Å². The van der Waals surface area contributed by atoms with Gasteiger partial charge in [-0.25, -0.2) is 13.6 Å². The van der Waals surface area contributed by atoms with Crippen molar-refractivity contribution in [3.8, 4) is 0 Å². The minimum Gasteiger partial charge on any atom is -0.444 e. The zero-order valence-corrected chi connectivity index (χ0v) is 21.0. The molecule has 3 rings (SSSR count). The molecule has 1 aliphatic rings. The molecule has 9 heteroatoms. The van der Waals surface area contributed by atoms with Gasteiger partial charge in [-0.15, -0.1) is 0 Å². The lowest BCUT2D eigenvalue weighted by molar-refractivity contribution is -0.117. The van der Waals surface area contributed by atoms with E-state index in [2.05, 4.69) is 15.5 Å². The van der Waals surface area contributed by atoms with E-state index in [0.717, 1.165) is 23.4 Å². The van der Waals surface area contributed by atoms with Crippen LogP contribution in [0.3, 0.4) is 0 Å². The molecule has 0 bridgehead atoms. The Morgan fingerprint density at radius 2 is 1.97 bits per heavy atom. The molecule has 1 saturated heterocycles. The second-order valence-corrected chi connectivity index (χ2v) is 9.65. The van der Waals surface area contributed by atoms with Crippen molar-refractivity contribution in [3.63, 3.8) is 0 Å². The van der Waals surface area contributed by atoms with Crippen LogP contribution in [-0.4, -0.2) is 49.9 Å². The molecule has 2 aromatic carbocycles. The quantitative estimate of drug-likeness (QED) is 0.543. The third-order valence-electron chi connectivity index (χ3n) is 5.48. The molecule has 36 heavy (non-hydrogen) atoms. The van der Waals surface area contributed by atoms with Crippen molar-refractivity contribution >= 4 is 23.8 Å². The van der Waals surface area contributed by atoms with E-state index in [1.807, 2.05) is 52.0 Å². The highest BCUT2D eigenvalue weighted by Gasteiger charge is 2.23. The largest absolute Gasteiger partial charge is 0.444 e. The van der Waals surface area contributed by atoms with Crippen LogP contribution in [0.25, 0.3) is 6.08 Å². The number of anilines is 1. The van der Waals surface area contributed by atoms with Crippen molar-refractivity contribution in [1.29, 1.82) is 0 Å². The Morgan fingerprint density at radius 1 is 1.19 bits per heavy atom. The van der Waals surface area contributed by atoms with Crippen molar-refractivity contribution < 1.29 is 27.8 Å². The predicted molar refractivity (Wildman–Crippen MR) is 135 cm³/mol. The summed E-state index contributed by atoms with van der Waals surface area (Å²) in [5.41, 5.74) is 1.72. The lowest BCUT2D eigenvalue weighted by Gasteiger charge is -2.35. The topological polar surface area (TPSA) is 79.9 Å². The van der Waals surface area contributed by atoms with E-state index >= 15 is 0 Å². The third kappa shape index (κ3) is 8.34. The Bertz CT molecular complexity index is 1100. The average molecular weight is 502 g/mol. The Kier molecular flexibility index (Phi) is 9.03. The van der Waals surface area contributed by atoms with Crippen LogP contribution in [0.4, 0.5) is 19.3 Å². The van der Waals surface area contributed by atoms with Crippen molar-refractivity contribution in [2.45, 2.75) is 45.4 Å². The summed E-state index contributed by atoms with van der Waals surface area (Å²) >= 11 is 0. The lowest BCUT2D eigenvalue weighted by Crippen LogP contribution is -2.48. The van der Waals surface area contributed by atoms with E-state index in [9.17, 15) is 18.4 Å². The number of nitrogens with one attached hydrogen (secondary N) is 2. The molecule has 2 unspecified atom stereocenters.